The molecule has 0 aliphatic carbocycles. The average molecular weight is 539 g/mol. The van der Waals surface area contributed by atoms with E-state index < -0.39 is 50.3 Å². The quantitative estimate of drug-likeness (QED) is 0.287. The number of hydrogen-bond donors (Lipinski definition) is 4. The van der Waals surface area contributed by atoms with E-state index >= 15 is 0 Å². The van der Waals surface area contributed by atoms with Crippen molar-refractivity contribution in [1.29, 1.82) is 0 Å². The number of carboxylic acids is 2. The number of aryl methyl sites for hydroxylation is 2. The normalized spacial score (nSPS) is 14.4. The molecule has 1 aliphatic rings. The first-order chi connectivity index (χ1) is 15.4. The van der Waals surface area contributed by atoms with E-state index in [1.807, 2.05) is 0 Å². The molecule has 173 valence electrons. The van der Waals surface area contributed by atoms with Crippen molar-refractivity contribution in [3.63, 3.8) is 0 Å². The number of phenols is 2. The van der Waals surface area contributed by atoms with Crippen LogP contribution >= 0.6 is 0 Å². The van der Waals surface area contributed by atoms with Gasteiger partial charge in [-0.05, 0) is 66.4 Å². The molecule has 0 atom stereocenters. The second kappa shape index (κ2) is 11.9. The average Bonchev–Trinajstić information content (AvgIpc) is 3.00. The summed E-state index contributed by atoms with van der Waals surface area (Å²) in [6.07, 6.45) is 0. The van der Waals surface area contributed by atoms with Crippen LogP contribution in [0, 0.1) is 13.8 Å². The van der Waals surface area contributed by atoms with Crippen LogP contribution in [0.4, 0.5) is 0 Å². The summed E-state index contributed by atoms with van der Waals surface area (Å²) in [6.45, 7) is 2.89. The van der Waals surface area contributed by atoms with Crippen LogP contribution in [0.1, 0.15) is 48.5 Å². The largest absolute Gasteiger partial charge is 0.507 e. The molecule has 0 amide bonds. The number of carbonyl (C=O) groups is 2. The Morgan fingerprint density at radius 2 is 1.19 bits per heavy atom. The second-order valence-corrected chi connectivity index (χ2v) is 9.22. The molecule has 4 N–H and O–H groups in total. The van der Waals surface area contributed by atoms with E-state index in [2.05, 4.69) is 0 Å². The Morgan fingerprint density at radius 1 is 0.778 bits per heavy atom. The number of aromatic carboxylic acids is 2. The smallest absolute Gasteiger partial charge is 0.339 e. The van der Waals surface area contributed by atoms with E-state index in [1.165, 1.54) is 44.2 Å². The van der Waals surface area contributed by atoms with Gasteiger partial charge in [-0.3, -0.25) is 0 Å². The molecule has 13 heteroatoms. The van der Waals surface area contributed by atoms with E-state index in [1.54, 1.807) is 6.07 Å². The van der Waals surface area contributed by atoms with E-state index in [0.717, 1.165) is 12.1 Å². The molecule has 0 saturated heterocycles. The van der Waals surface area contributed by atoms with E-state index in [9.17, 15) is 38.4 Å². The zero-order valence-corrected chi connectivity index (χ0v) is 27.2. The maximum Gasteiger partial charge on any atom is 0.339 e. The van der Waals surface area contributed by atoms with E-state index in [-0.39, 0.29) is 121 Å². The van der Waals surface area contributed by atoms with Crippen molar-refractivity contribution in [3.05, 3.63) is 87.5 Å². The van der Waals surface area contributed by atoms with Gasteiger partial charge in [0, 0.05) is 94.2 Å². The number of rotatable bonds is 4. The van der Waals surface area contributed by atoms with Crippen LogP contribution in [0.3, 0.4) is 0 Å². The SMILES string of the molecule is Cc1cc(C2(c3cc(C)c(O)c(C(=O)O)c3)OS(=O)(=O)c3ccccc32)cc(C(=O)O)c1O.[Na].[Na].[Na]. The van der Waals surface area contributed by atoms with Gasteiger partial charge >= 0.3 is 11.9 Å². The molecule has 36 heavy (non-hydrogen) atoms. The summed E-state index contributed by atoms with van der Waals surface area (Å²) in [6, 6.07) is 10.8. The van der Waals surface area contributed by atoms with Crippen LogP contribution in [0.5, 0.6) is 11.5 Å². The Hall–Kier alpha value is -0.890. The van der Waals surface area contributed by atoms with Gasteiger partial charge in [0.1, 0.15) is 27.5 Å². The molecular formula is C23H18Na3O9S. The third kappa shape index (κ3) is 5.32. The summed E-state index contributed by atoms with van der Waals surface area (Å²) in [5.74, 6) is -3.89. The molecule has 3 aromatic rings. The monoisotopic (exact) mass is 539 g/mol. The fourth-order valence-corrected chi connectivity index (χ4v) is 5.52. The van der Waals surface area contributed by atoms with Gasteiger partial charge in [-0.15, -0.1) is 0 Å². The van der Waals surface area contributed by atoms with Gasteiger partial charge < -0.3 is 20.4 Å². The molecule has 0 spiro atoms. The third-order valence-electron chi connectivity index (χ3n) is 5.65. The van der Waals surface area contributed by atoms with Crippen LogP contribution in [-0.2, 0) is 19.9 Å². The van der Waals surface area contributed by atoms with E-state index in [0.29, 0.717) is 0 Å². The minimum Gasteiger partial charge on any atom is -0.507 e. The zero-order valence-electron chi connectivity index (χ0n) is 20.4. The molecular weight excluding hydrogens is 521 g/mol. The topological polar surface area (TPSA) is 158 Å². The molecule has 0 bridgehead atoms. The van der Waals surface area contributed by atoms with Crippen LogP contribution in [0.15, 0.2) is 53.4 Å². The van der Waals surface area contributed by atoms with Gasteiger partial charge in [0.25, 0.3) is 10.1 Å². The third-order valence-corrected chi connectivity index (χ3v) is 7.01. The molecule has 0 saturated carbocycles. The number of benzene rings is 3. The van der Waals surface area contributed by atoms with Crippen LogP contribution in [-0.4, -0.2) is 129 Å². The Kier molecular flexibility index (Phi) is 10.9. The first-order valence-electron chi connectivity index (χ1n) is 9.60. The molecule has 3 aromatic carbocycles. The van der Waals surface area contributed by atoms with Gasteiger partial charge in [-0.2, -0.15) is 8.42 Å². The summed E-state index contributed by atoms with van der Waals surface area (Å²) in [5, 5.41) is 39.6. The van der Waals surface area contributed by atoms with Gasteiger partial charge in [-0.25, -0.2) is 13.8 Å². The van der Waals surface area contributed by atoms with Gasteiger partial charge in [-0.1, -0.05) is 18.2 Å². The number of carboxylic acid groups (broad SMARTS) is 2. The predicted molar refractivity (Wildman–Crippen MR) is 131 cm³/mol. The van der Waals surface area contributed by atoms with Gasteiger partial charge in [0.15, 0.2) is 5.60 Å². The maximum atomic E-state index is 13.0. The predicted octanol–water partition coefficient (Wildman–Crippen LogP) is 1.98. The zero-order chi connectivity index (χ0) is 24.3. The number of aromatic hydroxyl groups is 2. The Bertz CT molecular complexity index is 1400. The van der Waals surface area contributed by atoms with Crippen LogP contribution in [0.25, 0.3) is 0 Å². The summed E-state index contributed by atoms with van der Waals surface area (Å²) < 4.78 is 31.7. The van der Waals surface area contributed by atoms with Gasteiger partial charge in [0.05, 0.1) is 0 Å². The van der Waals surface area contributed by atoms with Crippen LogP contribution in [0.2, 0.25) is 0 Å². The summed E-state index contributed by atoms with van der Waals surface area (Å²) >= 11 is 0. The minimum atomic E-state index is -4.34. The van der Waals surface area contributed by atoms with Crippen LogP contribution < -0.4 is 0 Å². The Labute approximate surface area is 273 Å². The summed E-state index contributed by atoms with van der Waals surface area (Å²) in [4.78, 5) is 23.4. The van der Waals surface area contributed by atoms with Crippen molar-refractivity contribution in [3.8, 4) is 11.5 Å². The first-order valence-corrected chi connectivity index (χ1v) is 11.0. The van der Waals surface area contributed by atoms with Crippen molar-refractivity contribution in [1.82, 2.24) is 0 Å². The molecule has 3 radical (unpaired) electrons. The first kappa shape index (κ1) is 33.1. The van der Waals surface area contributed by atoms with Crippen molar-refractivity contribution < 1.29 is 42.6 Å². The molecule has 1 aliphatic heterocycles. The standard InChI is InChI=1S/C23H18O9S.3Na/c1-11-7-13(9-15(19(11)24)21(26)27)23(14-8-12(2)20(25)16(10-14)22(28)29)17-5-3-4-6-18(17)33(30,31)32-23;;;/h3-10,24-25H,1-2H3,(H,26,27)(H,28,29);;;. The molecule has 4 rings (SSSR count). The summed E-state index contributed by atoms with van der Waals surface area (Å²) in [5.41, 5.74) is -2.43. The Balaban J connectivity index is 0.00000216. The van der Waals surface area contributed by atoms with Crippen molar-refractivity contribution in [2.75, 3.05) is 0 Å². The van der Waals surface area contributed by atoms with Crippen molar-refractivity contribution >= 4 is 111 Å². The molecule has 0 fully saturated rings. The minimum absolute atomic E-state index is 0. The fraction of sp³-hybridized carbons (Fsp3) is 0.130. The van der Waals surface area contributed by atoms with Gasteiger partial charge in [0.2, 0.25) is 0 Å². The summed E-state index contributed by atoms with van der Waals surface area (Å²) in [7, 11) is -4.34. The van der Waals surface area contributed by atoms with Crippen molar-refractivity contribution in [2.24, 2.45) is 0 Å². The van der Waals surface area contributed by atoms with E-state index in [4.69, 9.17) is 4.18 Å². The molecule has 0 unspecified atom stereocenters. The fourth-order valence-electron chi connectivity index (χ4n) is 4.10. The molecule has 9 nitrogen and oxygen atoms in total. The number of fused-ring (bicyclic) bond motifs is 1. The second-order valence-electron chi connectivity index (χ2n) is 7.70. The Morgan fingerprint density at radius 3 is 1.61 bits per heavy atom. The van der Waals surface area contributed by atoms with Crippen molar-refractivity contribution in [2.45, 2.75) is 24.3 Å². The number of hydrogen-bond acceptors (Lipinski definition) is 7. The molecule has 0 aromatic heterocycles. The molecule has 1 heterocycles. The maximum absolute atomic E-state index is 13.0.